The van der Waals surface area contributed by atoms with Crippen molar-refractivity contribution in [2.75, 3.05) is 19.8 Å². The lowest BCUT2D eigenvalue weighted by Crippen LogP contribution is -2.06. The number of hydrogen-bond donors (Lipinski definition) is 0. The second kappa shape index (κ2) is 9.28. The van der Waals surface area contributed by atoms with E-state index in [1.165, 1.54) is 0 Å². The predicted molar refractivity (Wildman–Crippen MR) is 127 cm³/mol. The van der Waals surface area contributed by atoms with Gasteiger partial charge >= 0.3 is 17.9 Å². The van der Waals surface area contributed by atoms with E-state index < -0.39 is 17.9 Å². The van der Waals surface area contributed by atoms with Crippen LogP contribution >= 0.6 is 0 Å². The lowest BCUT2D eigenvalue weighted by Gasteiger charge is -2.14. The molecule has 4 aromatic carbocycles. The van der Waals surface area contributed by atoms with Gasteiger partial charge in [-0.25, -0.2) is 14.4 Å². The number of ether oxygens (including phenoxy) is 3. The van der Waals surface area contributed by atoms with E-state index in [0.717, 1.165) is 32.3 Å². The highest BCUT2D eigenvalue weighted by Gasteiger charge is 2.17. The first-order valence-corrected chi connectivity index (χ1v) is 10.9. The van der Waals surface area contributed by atoms with Crippen LogP contribution in [-0.2, 0) is 14.2 Å². The van der Waals surface area contributed by atoms with Gasteiger partial charge in [-0.2, -0.15) is 0 Å². The second-order valence-corrected chi connectivity index (χ2v) is 7.44. The molecule has 0 N–H and O–H groups in total. The van der Waals surface area contributed by atoms with Crippen LogP contribution in [0.15, 0.2) is 54.6 Å². The van der Waals surface area contributed by atoms with Crippen LogP contribution in [-0.4, -0.2) is 37.7 Å². The molecule has 0 spiro atoms. The molecule has 0 saturated carbocycles. The summed E-state index contributed by atoms with van der Waals surface area (Å²) in [6.07, 6.45) is 0. The molecule has 0 aromatic heterocycles. The summed E-state index contributed by atoms with van der Waals surface area (Å²) in [5.74, 6) is -1.22. The number of carbonyl (C=O) groups excluding carboxylic acids is 3. The van der Waals surface area contributed by atoms with Gasteiger partial charge in [-0.3, -0.25) is 0 Å². The zero-order chi connectivity index (χ0) is 23.5. The van der Waals surface area contributed by atoms with Crippen molar-refractivity contribution in [1.29, 1.82) is 0 Å². The lowest BCUT2D eigenvalue weighted by molar-refractivity contribution is 0.0517. The molecule has 0 amide bonds. The Morgan fingerprint density at radius 1 is 0.485 bits per heavy atom. The molecule has 0 radical (unpaired) electrons. The van der Waals surface area contributed by atoms with Crippen LogP contribution in [0, 0.1) is 0 Å². The predicted octanol–water partition coefficient (Wildman–Crippen LogP) is 5.68. The Morgan fingerprint density at radius 3 is 1.00 bits per heavy atom. The van der Waals surface area contributed by atoms with E-state index >= 15 is 0 Å². The van der Waals surface area contributed by atoms with Gasteiger partial charge in [0.25, 0.3) is 0 Å². The summed E-state index contributed by atoms with van der Waals surface area (Å²) in [7, 11) is 0. The Hall–Kier alpha value is -3.93. The van der Waals surface area contributed by atoms with E-state index in [9.17, 15) is 14.4 Å². The van der Waals surface area contributed by atoms with Gasteiger partial charge < -0.3 is 14.2 Å². The fraction of sp³-hybridized carbons (Fsp3) is 0.222. The van der Waals surface area contributed by atoms with Crippen molar-refractivity contribution < 1.29 is 28.6 Å². The zero-order valence-corrected chi connectivity index (χ0v) is 18.8. The quantitative estimate of drug-likeness (QED) is 0.216. The largest absolute Gasteiger partial charge is 0.462 e. The van der Waals surface area contributed by atoms with Crippen molar-refractivity contribution in [3.05, 3.63) is 71.3 Å². The minimum atomic E-state index is -0.406. The van der Waals surface area contributed by atoms with E-state index in [0.29, 0.717) is 16.7 Å². The molecule has 0 aliphatic carbocycles. The smallest absolute Gasteiger partial charge is 0.338 e. The van der Waals surface area contributed by atoms with Gasteiger partial charge in [-0.1, -0.05) is 18.2 Å². The summed E-state index contributed by atoms with van der Waals surface area (Å²) in [5, 5.41) is 5.08. The molecule has 4 aromatic rings. The van der Waals surface area contributed by atoms with E-state index in [2.05, 4.69) is 0 Å². The molecule has 6 heteroatoms. The van der Waals surface area contributed by atoms with Crippen LogP contribution < -0.4 is 0 Å². The third-order valence-corrected chi connectivity index (χ3v) is 5.46. The second-order valence-electron chi connectivity index (χ2n) is 7.44. The van der Waals surface area contributed by atoms with Crippen molar-refractivity contribution in [2.24, 2.45) is 0 Å². The van der Waals surface area contributed by atoms with Crippen molar-refractivity contribution in [3.63, 3.8) is 0 Å². The molecule has 168 valence electrons. The highest BCUT2D eigenvalue weighted by Crippen LogP contribution is 2.37. The summed E-state index contributed by atoms with van der Waals surface area (Å²) in [6.45, 7) is 6.12. The van der Waals surface area contributed by atoms with Crippen LogP contribution in [0.4, 0.5) is 0 Å². The molecule has 0 atom stereocenters. The van der Waals surface area contributed by atoms with Crippen LogP contribution in [0.5, 0.6) is 0 Å². The Morgan fingerprint density at radius 2 is 0.758 bits per heavy atom. The first-order valence-electron chi connectivity index (χ1n) is 10.9. The third kappa shape index (κ3) is 4.12. The fourth-order valence-electron chi connectivity index (χ4n) is 4.03. The SMILES string of the molecule is CCOC(=O)c1ccc2c(c1)c1ccc(C(=O)OCC)cc1c1ccc(C(=O)OCC)cc21. The van der Waals surface area contributed by atoms with Gasteiger partial charge in [0.05, 0.1) is 36.5 Å². The monoisotopic (exact) mass is 444 g/mol. The molecule has 6 nitrogen and oxygen atoms in total. The molecule has 0 aliphatic heterocycles. The summed E-state index contributed by atoms with van der Waals surface area (Å²) in [5.41, 5.74) is 1.29. The van der Waals surface area contributed by atoms with Crippen LogP contribution in [0.2, 0.25) is 0 Å². The Bertz CT molecular complexity index is 1200. The molecule has 0 bridgehead atoms. The Labute approximate surface area is 191 Å². The maximum atomic E-state index is 12.4. The number of rotatable bonds is 6. The van der Waals surface area contributed by atoms with Gasteiger partial charge in [-0.15, -0.1) is 0 Å². The third-order valence-electron chi connectivity index (χ3n) is 5.46. The Kier molecular flexibility index (Phi) is 6.27. The molecule has 0 saturated heterocycles. The van der Waals surface area contributed by atoms with E-state index in [4.69, 9.17) is 14.2 Å². The number of fused-ring (bicyclic) bond motifs is 6. The van der Waals surface area contributed by atoms with Crippen LogP contribution in [0.25, 0.3) is 32.3 Å². The number of carbonyl (C=O) groups is 3. The first kappa shape index (κ1) is 22.3. The molecular formula is C27H24O6. The van der Waals surface area contributed by atoms with Crippen molar-refractivity contribution in [3.8, 4) is 0 Å². The molecule has 0 aliphatic rings. The normalized spacial score (nSPS) is 11.0. The fourth-order valence-corrected chi connectivity index (χ4v) is 4.03. The molecule has 33 heavy (non-hydrogen) atoms. The van der Waals surface area contributed by atoms with Gasteiger partial charge in [0.15, 0.2) is 0 Å². The van der Waals surface area contributed by atoms with Crippen LogP contribution in [0.1, 0.15) is 51.8 Å². The molecule has 0 fully saturated rings. The molecule has 0 heterocycles. The van der Waals surface area contributed by atoms with Gasteiger partial charge in [0.1, 0.15) is 0 Å². The molecular weight excluding hydrogens is 420 g/mol. The molecule has 4 rings (SSSR count). The minimum Gasteiger partial charge on any atom is -0.462 e. The Balaban J connectivity index is 2.06. The minimum absolute atomic E-state index is 0.279. The van der Waals surface area contributed by atoms with Crippen molar-refractivity contribution in [1.82, 2.24) is 0 Å². The average molecular weight is 444 g/mol. The summed E-state index contributed by atoms with van der Waals surface area (Å²) in [6, 6.07) is 16.1. The number of benzene rings is 4. The summed E-state index contributed by atoms with van der Waals surface area (Å²) >= 11 is 0. The lowest BCUT2D eigenvalue weighted by atomic mass is 9.91. The maximum absolute atomic E-state index is 12.4. The highest BCUT2D eigenvalue weighted by molar-refractivity contribution is 6.27. The highest BCUT2D eigenvalue weighted by atomic mass is 16.5. The first-order chi connectivity index (χ1) is 16.0. The summed E-state index contributed by atoms with van der Waals surface area (Å²) in [4.78, 5) is 37.1. The molecule has 0 unspecified atom stereocenters. The topological polar surface area (TPSA) is 78.9 Å². The van der Waals surface area contributed by atoms with Gasteiger partial charge in [0, 0.05) is 0 Å². The van der Waals surface area contributed by atoms with Crippen molar-refractivity contribution >= 4 is 50.2 Å². The zero-order valence-electron chi connectivity index (χ0n) is 18.8. The van der Waals surface area contributed by atoms with Crippen molar-refractivity contribution in [2.45, 2.75) is 20.8 Å². The van der Waals surface area contributed by atoms with E-state index in [-0.39, 0.29) is 19.8 Å². The maximum Gasteiger partial charge on any atom is 0.338 e. The van der Waals surface area contributed by atoms with Gasteiger partial charge in [0.2, 0.25) is 0 Å². The standard InChI is InChI=1S/C27H24O6/c1-4-31-25(28)16-7-10-19-22(13-16)20-11-8-17(26(29)32-5-2)15-24(20)21-12-9-18(14-23(19)21)27(30)33-6-3/h7-15H,4-6H2,1-3H3. The summed E-state index contributed by atoms with van der Waals surface area (Å²) < 4.78 is 15.5. The van der Waals surface area contributed by atoms with Gasteiger partial charge in [-0.05, 0) is 89.5 Å². The average Bonchev–Trinajstić information content (AvgIpc) is 2.83. The number of esters is 3. The number of hydrogen-bond acceptors (Lipinski definition) is 6. The van der Waals surface area contributed by atoms with E-state index in [1.807, 2.05) is 18.2 Å². The van der Waals surface area contributed by atoms with Crippen LogP contribution in [0.3, 0.4) is 0 Å². The van der Waals surface area contributed by atoms with E-state index in [1.54, 1.807) is 57.2 Å².